The van der Waals surface area contributed by atoms with Crippen molar-refractivity contribution in [3.63, 3.8) is 0 Å². The van der Waals surface area contributed by atoms with E-state index in [1.807, 2.05) is 6.92 Å². The van der Waals surface area contributed by atoms with Crippen molar-refractivity contribution in [2.45, 2.75) is 45.1 Å². The van der Waals surface area contributed by atoms with Gasteiger partial charge in [-0.2, -0.15) is 5.10 Å². The van der Waals surface area contributed by atoms with Crippen LogP contribution in [0.3, 0.4) is 0 Å². The number of rotatable bonds is 3. The van der Waals surface area contributed by atoms with Gasteiger partial charge in [-0.3, -0.25) is 5.10 Å². The smallest absolute Gasteiger partial charge is 0.358 e. The monoisotopic (exact) mass is 275 g/mol. The highest BCUT2D eigenvalue weighted by Crippen LogP contribution is 2.54. The lowest BCUT2D eigenvalue weighted by molar-refractivity contribution is 0.00747. The van der Waals surface area contributed by atoms with Crippen LogP contribution in [0.2, 0.25) is 0 Å². The van der Waals surface area contributed by atoms with Crippen LogP contribution in [0.4, 0.5) is 5.69 Å². The summed E-state index contributed by atoms with van der Waals surface area (Å²) in [4.78, 5) is 11.3. The fourth-order valence-electron chi connectivity index (χ4n) is 5.09. The van der Waals surface area contributed by atoms with Crippen LogP contribution in [0.1, 0.15) is 48.3 Å². The van der Waals surface area contributed by atoms with Crippen LogP contribution in [-0.4, -0.2) is 27.3 Å². The van der Waals surface area contributed by atoms with Crippen molar-refractivity contribution in [2.24, 2.45) is 23.7 Å². The minimum Gasteiger partial charge on any atom is -0.476 e. The Morgan fingerprint density at radius 3 is 2.35 bits per heavy atom. The summed E-state index contributed by atoms with van der Waals surface area (Å²) < 4.78 is 0. The van der Waals surface area contributed by atoms with Crippen molar-refractivity contribution < 1.29 is 9.90 Å². The zero-order valence-electron chi connectivity index (χ0n) is 11.7. The van der Waals surface area contributed by atoms with Crippen molar-refractivity contribution in [1.29, 1.82) is 0 Å². The lowest BCUT2D eigenvalue weighted by atomic mass is 9.54. The Bertz CT molecular complexity index is 523. The van der Waals surface area contributed by atoms with E-state index in [4.69, 9.17) is 0 Å². The molecule has 0 spiro atoms. The number of nitrogens with zero attached hydrogens (tertiary/aromatic N) is 1. The van der Waals surface area contributed by atoms with E-state index in [1.165, 1.54) is 32.1 Å². The number of nitrogens with one attached hydrogen (secondary N) is 2. The highest BCUT2D eigenvalue weighted by Gasteiger charge is 2.48. The third-order valence-electron chi connectivity index (χ3n) is 5.69. The maximum atomic E-state index is 11.3. The summed E-state index contributed by atoms with van der Waals surface area (Å²) in [5.41, 5.74) is 1.67. The Morgan fingerprint density at radius 2 is 1.80 bits per heavy atom. The van der Waals surface area contributed by atoms with Gasteiger partial charge in [-0.05, 0) is 62.7 Å². The SMILES string of the molecule is Cc1[nH]nc(C(=O)O)c1NC1C2CC3CC(C2)CC1C3. The summed E-state index contributed by atoms with van der Waals surface area (Å²) in [6, 6.07) is 0.442. The second-order valence-electron chi connectivity index (χ2n) is 6.98. The summed E-state index contributed by atoms with van der Waals surface area (Å²) in [6.07, 6.45) is 6.73. The molecule has 0 amide bonds. The van der Waals surface area contributed by atoms with Gasteiger partial charge in [0.2, 0.25) is 0 Å². The molecule has 108 valence electrons. The van der Waals surface area contributed by atoms with Gasteiger partial charge in [0, 0.05) is 6.04 Å². The third kappa shape index (κ3) is 1.75. The summed E-state index contributed by atoms with van der Waals surface area (Å²) >= 11 is 0. The number of anilines is 1. The van der Waals surface area contributed by atoms with Gasteiger partial charge in [0.15, 0.2) is 5.69 Å². The van der Waals surface area contributed by atoms with E-state index in [1.54, 1.807) is 0 Å². The highest BCUT2D eigenvalue weighted by molar-refractivity contribution is 5.92. The highest BCUT2D eigenvalue weighted by atomic mass is 16.4. The van der Waals surface area contributed by atoms with Gasteiger partial charge in [-0.25, -0.2) is 4.79 Å². The summed E-state index contributed by atoms with van der Waals surface area (Å²) in [5.74, 6) is 2.35. The first-order valence-corrected chi connectivity index (χ1v) is 7.66. The topological polar surface area (TPSA) is 78.0 Å². The van der Waals surface area contributed by atoms with Crippen LogP contribution in [-0.2, 0) is 0 Å². The van der Waals surface area contributed by atoms with Gasteiger partial charge in [-0.15, -0.1) is 0 Å². The molecule has 20 heavy (non-hydrogen) atoms. The van der Waals surface area contributed by atoms with Crippen molar-refractivity contribution in [1.82, 2.24) is 10.2 Å². The molecule has 3 N–H and O–H groups in total. The first kappa shape index (κ1) is 12.2. The number of carbonyl (C=O) groups is 1. The van der Waals surface area contributed by atoms with Crippen LogP contribution >= 0.6 is 0 Å². The van der Waals surface area contributed by atoms with Gasteiger partial charge >= 0.3 is 5.97 Å². The molecule has 1 aromatic rings. The van der Waals surface area contributed by atoms with Crippen LogP contribution in [0.5, 0.6) is 0 Å². The molecule has 5 heteroatoms. The molecule has 5 rings (SSSR count). The Morgan fingerprint density at radius 1 is 1.20 bits per heavy atom. The van der Waals surface area contributed by atoms with Crippen molar-refractivity contribution in [2.75, 3.05) is 5.32 Å². The minimum absolute atomic E-state index is 0.135. The standard InChI is InChI=1S/C15H21N3O2/c1-7-12(14(15(19)20)18-17-7)16-13-10-3-8-2-9(5-10)6-11(13)4-8/h8-11,13,16H,2-6H2,1H3,(H,17,18)(H,19,20). The Kier molecular flexibility index (Phi) is 2.59. The number of aromatic nitrogens is 2. The second kappa shape index (κ2) is 4.24. The van der Waals surface area contributed by atoms with E-state index in [-0.39, 0.29) is 5.69 Å². The number of carboxylic acid groups (broad SMARTS) is 1. The molecule has 1 aromatic heterocycles. The van der Waals surface area contributed by atoms with E-state index in [0.717, 1.165) is 29.4 Å². The fraction of sp³-hybridized carbons (Fsp3) is 0.733. The Labute approximate surface area is 118 Å². The number of carboxylic acids is 1. The molecular formula is C15H21N3O2. The third-order valence-corrected chi connectivity index (χ3v) is 5.69. The Balaban J connectivity index is 1.60. The molecule has 5 nitrogen and oxygen atoms in total. The Hall–Kier alpha value is -1.52. The number of H-pyrrole nitrogens is 1. The van der Waals surface area contributed by atoms with Crippen molar-refractivity contribution >= 4 is 11.7 Å². The van der Waals surface area contributed by atoms with Crippen molar-refractivity contribution in [3.05, 3.63) is 11.4 Å². The zero-order valence-corrected chi connectivity index (χ0v) is 11.7. The molecule has 0 saturated heterocycles. The minimum atomic E-state index is -0.958. The molecule has 4 aliphatic carbocycles. The number of aryl methyl sites for hydroxylation is 1. The molecule has 1 heterocycles. The van der Waals surface area contributed by atoms with Gasteiger partial charge in [-0.1, -0.05) is 0 Å². The molecule has 0 aromatic carbocycles. The predicted octanol–water partition coefficient (Wildman–Crippen LogP) is 2.65. The summed E-state index contributed by atoms with van der Waals surface area (Å²) in [7, 11) is 0. The number of aromatic amines is 1. The maximum absolute atomic E-state index is 11.3. The molecule has 4 fully saturated rings. The predicted molar refractivity (Wildman–Crippen MR) is 74.7 cm³/mol. The number of hydrogen-bond donors (Lipinski definition) is 3. The first-order valence-electron chi connectivity index (χ1n) is 7.66. The zero-order chi connectivity index (χ0) is 13.9. The van der Waals surface area contributed by atoms with E-state index < -0.39 is 5.97 Å². The lowest BCUT2D eigenvalue weighted by Gasteiger charge is -2.54. The van der Waals surface area contributed by atoms with Crippen LogP contribution < -0.4 is 5.32 Å². The lowest BCUT2D eigenvalue weighted by Crippen LogP contribution is -2.51. The van der Waals surface area contributed by atoms with Gasteiger partial charge in [0.05, 0.1) is 11.4 Å². The molecule has 4 bridgehead atoms. The number of aromatic carboxylic acids is 1. The molecule has 0 atom stereocenters. The molecular weight excluding hydrogens is 254 g/mol. The summed E-state index contributed by atoms with van der Waals surface area (Å²) in [5, 5.41) is 19.5. The first-order chi connectivity index (χ1) is 9.61. The molecule has 4 saturated carbocycles. The molecule has 4 aliphatic rings. The fourth-order valence-corrected chi connectivity index (χ4v) is 5.09. The van der Waals surface area contributed by atoms with Gasteiger partial charge in [0.25, 0.3) is 0 Å². The van der Waals surface area contributed by atoms with E-state index in [2.05, 4.69) is 15.5 Å². The quantitative estimate of drug-likeness (QED) is 0.792. The van der Waals surface area contributed by atoms with Gasteiger partial charge in [0.1, 0.15) is 0 Å². The van der Waals surface area contributed by atoms with Crippen LogP contribution in [0, 0.1) is 30.6 Å². The van der Waals surface area contributed by atoms with E-state index >= 15 is 0 Å². The largest absolute Gasteiger partial charge is 0.476 e. The number of hydrogen-bond acceptors (Lipinski definition) is 3. The van der Waals surface area contributed by atoms with Crippen molar-refractivity contribution in [3.8, 4) is 0 Å². The van der Waals surface area contributed by atoms with Crippen LogP contribution in [0.25, 0.3) is 0 Å². The molecule has 0 aliphatic heterocycles. The molecule has 0 unspecified atom stereocenters. The van der Waals surface area contributed by atoms with Crippen LogP contribution in [0.15, 0.2) is 0 Å². The van der Waals surface area contributed by atoms with E-state index in [0.29, 0.717) is 11.7 Å². The average molecular weight is 275 g/mol. The maximum Gasteiger partial charge on any atom is 0.358 e. The van der Waals surface area contributed by atoms with E-state index in [9.17, 15) is 9.90 Å². The summed E-state index contributed by atoms with van der Waals surface area (Å²) in [6.45, 7) is 1.89. The second-order valence-corrected chi connectivity index (χ2v) is 6.98. The molecule has 0 radical (unpaired) electrons. The normalized spacial score (nSPS) is 38.1. The van der Waals surface area contributed by atoms with Gasteiger partial charge < -0.3 is 10.4 Å². The average Bonchev–Trinajstić information content (AvgIpc) is 2.74.